The van der Waals surface area contributed by atoms with Crippen LogP contribution in [0.15, 0.2) is 100 Å². The van der Waals surface area contributed by atoms with Crippen molar-refractivity contribution in [2.45, 2.75) is 18.8 Å². The van der Waals surface area contributed by atoms with E-state index in [1.54, 1.807) is 36.4 Å². The first-order valence-corrected chi connectivity index (χ1v) is 11.1. The van der Waals surface area contributed by atoms with E-state index in [0.717, 1.165) is 23.4 Å². The summed E-state index contributed by atoms with van der Waals surface area (Å²) in [6, 6.07) is 28.1. The molecular formula is C27H24N4O4. The van der Waals surface area contributed by atoms with Gasteiger partial charge >= 0.3 is 0 Å². The van der Waals surface area contributed by atoms with Crippen molar-refractivity contribution in [1.29, 1.82) is 0 Å². The van der Waals surface area contributed by atoms with E-state index in [-0.39, 0.29) is 11.5 Å². The van der Waals surface area contributed by atoms with Gasteiger partial charge in [0.05, 0.1) is 0 Å². The molecule has 8 heteroatoms. The zero-order chi connectivity index (χ0) is 24.2. The molecular weight excluding hydrogens is 444 g/mol. The van der Waals surface area contributed by atoms with Crippen LogP contribution in [0, 0.1) is 0 Å². The SMILES string of the molecule is Nc1ccc(-c2cc(C(O)C(O)c3cc(-c4ccc(NCc5ccccc5)cc4)no3)on2)cc1. The van der Waals surface area contributed by atoms with Crippen LogP contribution in [0.1, 0.15) is 29.3 Å². The van der Waals surface area contributed by atoms with Crippen molar-refractivity contribution in [3.8, 4) is 22.5 Å². The summed E-state index contributed by atoms with van der Waals surface area (Å²) in [4.78, 5) is 0. The molecule has 0 spiro atoms. The Kier molecular flexibility index (Phi) is 6.30. The van der Waals surface area contributed by atoms with Crippen LogP contribution in [0.2, 0.25) is 0 Å². The Morgan fingerprint density at radius 3 is 1.77 bits per heavy atom. The van der Waals surface area contributed by atoms with Crippen LogP contribution in [-0.4, -0.2) is 20.5 Å². The van der Waals surface area contributed by atoms with Gasteiger partial charge < -0.3 is 30.3 Å². The average molecular weight is 469 g/mol. The Bertz CT molecular complexity index is 1380. The number of hydrogen-bond donors (Lipinski definition) is 4. The third-order valence-corrected chi connectivity index (χ3v) is 5.67. The first-order chi connectivity index (χ1) is 17.1. The Morgan fingerprint density at radius 2 is 1.23 bits per heavy atom. The molecule has 3 aromatic carbocycles. The molecule has 5 N–H and O–H groups in total. The Labute approximate surface area is 201 Å². The summed E-state index contributed by atoms with van der Waals surface area (Å²) in [5.74, 6) is 0.223. The number of aliphatic hydroxyl groups is 2. The second-order valence-electron chi connectivity index (χ2n) is 8.16. The Hall–Kier alpha value is -4.40. The highest BCUT2D eigenvalue weighted by Crippen LogP contribution is 2.33. The quantitative estimate of drug-likeness (QED) is 0.235. The summed E-state index contributed by atoms with van der Waals surface area (Å²) < 4.78 is 10.6. The van der Waals surface area contributed by atoms with Gasteiger partial charge in [-0.3, -0.25) is 0 Å². The van der Waals surface area contributed by atoms with Crippen molar-refractivity contribution >= 4 is 11.4 Å². The van der Waals surface area contributed by atoms with Gasteiger partial charge in [-0.2, -0.15) is 0 Å². The van der Waals surface area contributed by atoms with Gasteiger partial charge in [0.1, 0.15) is 23.6 Å². The number of anilines is 2. The van der Waals surface area contributed by atoms with E-state index in [0.29, 0.717) is 17.1 Å². The predicted octanol–water partition coefficient (Wildman–Crippen LogP) is 4.96. The molecule has 8 nitrogen and oxygen atoms in total. The molecule has 0 aliphatic rings. The van der Waals surface area contributed by atoms with E-state index in [1.807, 2.05) is 42.5 Å². The summed E-state index contributed by atoms with van der Waals surface area (Å²) in [6.45, 7) is 0.722. The van der Waals surface area contributed by atoms with Crippen molar-refractivity contribution < 1.29 is 19.3 Å². The number of nitrogens with one attached hydrogen (secondary N) is 1. The molecule has 0 saturated heterocycles. The third kappa shape index (κ3) is 5.08. The average Bonchev–Trinajstić information content (AvgIpc) is 3.59. The van der Waals surface area contributed by atoms with Crippen molar-refractivity contribution in [3.63, 3.8) is 0 Å². The third-order valence-electron chi connectivity index (χ3n) is 5.67. The summed E-state index contributed by atoms with van der Waals surface area (Å²) in [7, 11) is 0. The van der Waals surface area contributed by atoms with E-state index < -0.39 is 12.2 Å². The number of rotatable bonds is 8. The molecule has 176 valence electrons. The number of aliphatic hydroxyl groups excluding tert-OH is 2. The van der Waals surface area contributed by atoms with Crippen molar-refractivity contribution in [2.24, 2.45) is 0 Å². The molecule has 2 heterocycles. The van der Waals surface area contributed by atoms with Gasteiger partial charge in [0.25, 0.3) is 0 Å². The molecule has 2 aromatic heterocycles. The number of nitrogens with zero attached hydrogens (tertiary/aromatic N) is 2. The lowest BCUT2D eigenvalue weighted by molar-refractivity contribution is -0.0136. The second-order valence-corrected chi connectivity index (χ2v) is 8.16. The molecule has 0 aliphatic heterocycles. The molecule has 5 rings (SSSR count). The number of hydrogen-bond acceptors (Lipinski definition) is 8. The van der Waals surface area contributed by atoms with E-state index in [9.17, 15) is 10.2 Å². The molecule has 0 saturated carbocycles. The predicted molar refractivity (Wildman–Crippen MR) is 132 cm³/mol. The molecule has 0 bridgehead atoms. The van der Waals surface area contributed by atoms with Crippen molar-refractivity contribution in [3.05, 3.63) is 108 Å². The summed E-state index contributed by atoms with van der Waals surface area (Å²) in [5.41, 5.74) is 11.2. The van der Waals surface area contributed by atoms with Gasteiger partial charge in [0.2, 0.25) is 0 Å². The lowest BCUT2D eigenvalue weighted by Crippen LogP contribution is -2.08. The van der Waals surface area contributed by atoms with Gasteiger partial charge in [-0.1, -0.05) is 64.9 Å². The molecule has 0 radical (unpaired) electrons. The second kappa shape index (κ2) is 9.84. The molecule has 0 aliphatic carbocycles. The standard InChI is InChI=1S/C27H24N4O4/c28-20-10-6-18(7-11-20)22-14-24(34-30-22)26(32)27(33)25-15-23(31-35-25)19-8-12-21(13-9-19)29-16-17-4-2-1-3-5-17/h1-15,26-27,29,32-33H,16,28H2. The van der Waals surface area contributed by atoms with E-state index in [4.69, 9.17) is 14.8 Å². The van der Waals surface area contributed by atoms with E-state index >= 15 is 0 Å². The van der Waals surface area contributed by atoms with Crippen LogP contribution >= 0.6 is 0 Å². The number of aromatic nitrogens is 2. The number of nitrogens with two attached hydrogens (primary N) is 1. The molecule has 5 aromatic rings. The molecule has 2 unspecified atom stereocenters. The summed E-state index contributed by atoms with van der Waals surface area (Å²) in [5, 5.41) is 32.6. The van der Waals surface area contributed by atoms with Crippen LogP contribution in [0.5, 0.6) is 0 Å². The first-order valence-electron chi connectivity index (χ1n) is 11.1. The van der Waals surface area contributed by atoms with Crippen molar-refractivity contribution in [2.75, 3.05) is 11.1 Å². The highest BCUT2D eigenvalue weighted by atomic mass is 16.5. The summed E-state index contributed by atoms with van der Waals surface area (Å²) >= 11 is 0. The largest absolute Gasteiger partial charge is 0.399 e. The zero-order valence-electron chi connectivity index (χ0n) is 18.7. The van der Waals surface area contributed by atoms with Gasteiger partial charge in [-0.15, -0.1) is 0 Å². The normalized spacial score (nSPS) is 12.9. The molecule has 35 heavy (non-hydrogen) atoms. The smallest absolute Gasteiger partial charge is 0.168 e. The van der Waals surface area contributed by atoms with Crippen molar-refractivity contribution in [1.82, 2.24) is 10.3 Å². The summed E-state index contributed by atoms with van der Waals surface area (Å²) in [6.07, 6.45) is -2.76. The maximum absolute atomic E-state index is 10.6. The number of nitrogen functional groups attached to an aromatic ring is 1. The highest BCUT2D eigenvalue weighted by molar-refractivity contribution is 5.63. The van der Waals surface area contributed by atoms with Crippen LogP contribution in [0.4, 0.5) is 11.4 Å². The monoisotopic (exact) mass is 468 g/mol. The van der Waals surface area contributed by atoms with Gasteiger partial charge in [-0.05, 0) is 29.8 Å². The zero-order valence-corrected chi connectivity index (χ0v) is 18.7. The Morgan fingerprint density at radius 1 is 0.714 bits per heavy atom. The fraction of sp³-hybridized carbons (Fsp3) is 0.111. The fourth-order valence-electron chi connectivity index (χ4n) is 3.65. The van der Waals surface area contributed by atoms with Crippen LogP contribution in [0.25, 0.3) is 22.5 Å². The van der Waals surface area contributed by atoms with E-state index in [2.05, 4.69) is 27.8 Å². The lowest BCUT2D eigenvalue weighted by Gasteiger charge is -2.11. The van der Waals surface area contributed by atoms with Gasteiger partial charge in [0, 0.05) is 41.2 Å². The number of benzene rings is 3. The molecule has 2 atom stereocenters. The minimum Gasteiger partial charge on any atom is -0.399 e. The maximum Gasteiger partial charge on any atom is 0.168 e. The van der Waals surface area contributed by atoms with Gasteiger partial charge in [0.15, 0.2) is 11.5 Å². The molecule has 0 amide bonds. The maximum atomic E-state index is 10.6. The van der Waals surface area contributed by atoms with Crippen LogP contribution in [0.3, 0.4) is 0 Å². The van der Waals surface area contributed by atoms with E-state index in [1.165, 1.54) is 5.56 Å². The highest BCUT2D eigenvalue weighted by Gasteiger charge is 2.28. The van der Waals surface area contributed by atoms with Crippen LogP contribution in [-0.2, 0) is 6.54 Å². The van der Waals surface area contributed by atoms with Gasteiger partial charge in [-0.25, -0.2) is 0 Å². The first kappa shape index (κ1) is 22.4. The lowest BCUT2D eigenvalue weighted by atomic mass is 10.1. The molecule has 0 fully saturated rings. The minimum absolute atomic E-state index is 0.108. The fourth-order valence-corrected chi connectivity index (χ4v) is 3.65. The topological polar surface area (TPSA) is 131 Å². The Balaban J connectivity index is 1.24. The minimum atomic E-state index is -1.38. The van der Waals surface area contributed by atoms with Crippen LogP contribution < -0.4 is 11.1 Å².